The Morgan fingerprint density at radius 1 is 1.50 bits per heavy atom. The fourth-order valence-corrected chi connectivity index (χ4v) is 1.54. The predicted molar refractivity (Wildman–Crippen MR) is 75.4 cm³/mol. The number of hydrogen-bond acceptors (Lipinski definition) is 3. The first-order chi connectivity index (χ1) is 9.29. The summed E-state index contributed by atoms with van der Waals surface area (Å²) in [6.45, 7) is 7.45. The summed E-state index contributed by atoms with van der Waals surface area (Å²) in [7, 11) is 0. The first-order valence-corrected chi connectivity index (χ1v) is 6.71. The molecule has 1 atom stereocenters. The van der Waals surface area contributed by atoms with Gasteiger partial charge in [0.05, 0.1) is 17.8 Å². The van der Waals surface area contributed by atoms with Crippen molar-refractivity contribution in [2.45, 2.75) is 33.3 Å². The average molecular weight is 283 g/mol. The van der Waals surface area contributed by atoms with Gasteiger partial charge in [-0.05, 0) is 31.9 Å². The zero-order valence-corrected chi connectivity index (χ0v) is 12.4. The van der Waals surface area contributed by atoms with E-state index in [9.17, 15) is 14.3 Å². The van der Waals surface area contributed by atoms with Gasteiger partial charge in [-0.3, -0.25) is 4.79 Å². The Labute approximate surface area is 119 Å². The first-order valence-electron chi connectivity index (χ1n) is 6.71. The van der Waals surface area contributed by atoms with Crippen molar-refractivity contribution in [1.29, 1.82) is 0 Å². The van der Waals surface area contributed by atoms with Crippen molar-refractivity contribution < 1.29 is 19.0 Å². The summed E-state index contributed by atoms with van der Waals surface area (Å²) in [5.74, 6) is -1.11. The molecule has 5 heteroatoms. The van der Waals surface area contributed by atoms with E-state index < -0.39 is 17.3 Å². The highest BCUT2D eigenvalue weighted by Gasteiger charge is 2.26. The van der Waals surface area contributed by atoms with Gasteiger partial charge in [0.1, 0.15) is 0 Å². The summed E-state index contributed by atoms with van der Waals surface area (Å²) in [5, 5.41) is 12.7. The molecular weight excluding hydrogens is 261 g/mol. The van der Waals surface area contributed by atoms with Crippen molar-refractivity contribution >= 4 is 5.91 Å². The van der Waals surface area contributed by atoms with Crippen LogP contribution in [0.3, 0.4) is 0 Å². The van der Waals surface area contributed by atoms with E-state index in [-0.39, 0.29) is 30.4 Å². The van der Waals surface area contributed by atoms with Crippen LogP contribution < -0.4 is 10.1 Å². The summed E-state index contributed by atoms with van der Waals surface area (Å²) >= 11 is 0. The third kappa shape index (κ3) is 3.93. The van der Waals surface area contributed by atoms with Gasteiger partial charge in [0.2, 0.25) is 0 Å². The molecule has 2 N–H and O–H groups in total. The van der Waals surface area contributed by atoms with E-state index >= 15 is 0 Å². The molecule has 0 bridgehead atoms. The fraction of sp³-hybridized carbons (Fsp3) is 0.533. The summed E-state index contributed by atoms with van der Waals surface area (Å²) in [5.41, 5.74) is -0.888. The Morgan fingerprint density at radius 3 is 2.70 bits per heavy atom. The molecule has 0 saturated carbocycles. The van der Waals surface area contributed by atoms with Crippen LogP contribution in [-0.2, 0) is 0 Å². The first kappa shape index (κ1) is 16.4. The molecular formula is C15H22FNO3. The maximum atomic E-state index is 13.6. The highest BCUT2D eigenvalue weighted by atomic mass is 19.1. The second kappa shape index (κ2) is 6.70. The molecule has 0 spiro atoms. The number of halogens is 1. The van der Waals surface area contributed by atoms with Crippen LogP contribution in [0, 0.1) is 11.7 Å². The van der Waals surface area contributed by atoms with Crippen LogP contribution in [0.1, 0.15) is 38.1 Å². The van der Waals surface area contributed by atoms with E-state index in [2.05, 4.69) is 5.32 Å². The Balaban J connectivity index is 2.85. The van der Waals surface area contributed by atoms with E-state index in [4.69, 9.17) is 4.74 Å². The van der Waals surface area contributed by atoms with Gasteiger partial charge < -0.3 is 15.2 Å². The van der Waals surface area contributed by atoms with Crippen LogP contribution in [-0.4, -0.2) is 29.8 Å². The number of para-hydroxylation sites is 1. The van der Waals surface area contributed by atoms with Crippen LogP contribution in [0.4, 0.5) is 4.39 Å². The van der Waals surface area contributed by atoms with Gasteiger partial charge in [-0.1, -0.05) is 19.9 Å². The Morgan fingerprint density at radius 2 is 2.15 bits per heavy atom. The Bertz CT molecular complexity index is 472. The molecule has 0 heterocycles. The zero-order chi connectivity index (χ0) is 15.3. The number of hydrogen-bond donors (Lipinski definition) is 2. The van der Waals surface area contributed by atoms with Gasteiger partial charge in [0.25, 0.3) is 5.91 Å². The topological polar surface area (TPSA) is 58.6 Å². The van der Waals surface area contributed by atoms with E-state index in [0.29, 0.717) is 0 Å². The van der Waals surface area contributed by atoms with Crippen molar-refractivity contribution in [3.8, 4) is 5.75 Å². The Kier molecular flexibility index (Phi) is 5.51. The van der Waals surface area contributed by atoms with Crippen molar-refractivity contribution in [3.05, 3.63) is 29.6 Å². The molecule has 4 nitrogen and oxygen atoms in total. The minimum absolute atomic E-state index is 0.0123. The number of rotatable bonds is 6. The van der Waals surface area contributed by atoms with Gasteiger partial charge in [-0.15, -0.1) is 0 Å². The molecule has 0 aliphatic carbocycles. The molecule has 112 valence electrons. The van der Waals surface area contributed by atoms with Crippen LogP contribution >= 0.6 is 0 Å². The van der Waals surface area contributed by atoms with Crippen molar-refractivity contribution in [3.63, 3.8) is 0 Å². The van der Waals surface area contributed by atoms with Gasteiger partial charge in [-0.2, -0.15) is 0 Å². The molecule has 0 saturated heterocycles. The smallest absolute Gasteiger partial charge is 0.255 e. The number of amides is 1. The van der Waals surface area contributed by atoms with Crippen molar-refractivity contribution in [1.82, 2.24) is 5.32 Å². The Hall–Kier alpha value is -1.62. The van der Waals surface area contributed by atoms with E-state index in [1.54, 1.807) is 13.8 Å². The molecule has 1 rings (SSSR count). The monoisotopic (exact) mass is 283 g/mol. The maximum Gasteiger partial charge on any atom is 0.255 e. The lowest BCUT2D eigenvalue weighted by Gasteiger charge is -2.27. The SMILES string of the molecule is CCOc1c(F)cccc1C(=O)NCC(C)(O)C(C)C. The lowest BCUT2D eigenvalue weighted by molar-refractivity contribution is 0.0142. The van der Waals surface area contributed by atoms with Crippen molar-refractivity contribution in [2.75, 3.05) is 13.2 Å². The van der Waals surface area contributed by atoms with E-state index in [1.807, 2.05) is 13.8 Å². The molecule has 0 aromatic heterocycles. The molecule has 0 aliphatic heterocycles. The minimum atomic E-state index is -1.02. The molecule has 0 aliphatic rings. The lowest BCUT2D eigenvalue weighted by atomic mass is 9.92. The molecule has 1 aromatic carbocycles. The van der Waals surface area contributed by atoms with Gasteiger partial charge in [-0.25, -0.2) is 4.39 Å². The highest BCUT2D eigenvalue weighted by Crippen LogP contribution is 2.23. The molecule has 1 amide bonds. The fourth-order valence-electron chi connectivity index (χ4n) is 1.54. The second-order valence-electron chi connectivity index (χ2n) is 5.24. The molecule has 20 heavy (non-hydrogen) atoms. The van der Waals surface area contributed by atoms with Crippen molar-refractivity contribution in [2.24, 2.45) is 5.92 Å². The minimum Gasteiger partial charge on any atom is -0.490 e. The molecule has 0 fully saturated rings. The molecule has 0 radical (unpaired) electrons. The van der Waals surface area contributed by atoms with Crippen LogP contribution in [0.15, 0.2) is 18.2 Å². The molecule has 1 unspecified atom stereocenters. The van der Waals surface area contributed by atoms with Crippen LogP contribution in [0.25, 0.3) is 0 Å². The van der Waals surface area contributed by atoms with Gasteiger partial charge >= 0.3 is 0 Å². The third-order valence-corrected chi connectivity index (χ3v) is 3.35. The number of ether oxygens (including phenoxy) is 1. The standard InChI is InChI=1S/C15H22FNO3/c1-5-20-13-11(7-6-8-12(13)16)14(18)17-9-15(4,19)10(2)3/h6-8,10,19H,5,9H2,1-4H3,(H,17,18). The number of carbonyl (C=O) groups is 1. The van der Waals surface area contributed by atoms with Gasteiger partial charge in [0, 0.05) is 6.54 Å². The summed E-state index contributed by atoms with van der Waals surface area (Å²) in [6.07, 6.45) is 0. The zero-order valence-electron chi connectivity index (χ0n) is 12.4. The van der Waals surface area contributed by atoms with Crippen LogP contribution in [0.5, 0.6) is 5.75 Å². The molecule has 1 aromatic rings. The summed E-state index contributed by atoms with van der Waals surface area (Å²) in [6, 6.07) is 4.19. The van der Waals surface area contributed by atoms with E-state index in [1.165, 1.54) is 18.2 Å². The second-order valence-corrected chi connectivity index (χ2v) is 5.24. The largest absolute Gasteiger partial charge is 0.490 e. The summed E-state index contributed by atoms with van der Waals surface area (Å²) in [4.78, 5) is 12.1. The van der Waals surface area contributed by atoms with Crippen LogP contribution in [0.2, 0.25) is 0 Å². The quantitative estimate of drug-likeness (QED) is 0.842. The highest BCUT2D eigenvalue weighted by molar-refractivity contribution is 5.97. The number of nitrogens with one attached hydrogen (secondary N) is 1. The number of aliphatic hydroxyl groups is 1. The van der Waals surface area contributed by atoms with Gasteiger partial charge in [0.15, 0.2) is 11.6 Å². The normalized spacial score (nSPS) is 13.9. The summed E-state index contributed by atoms with van der Waals surface area (Å²) < 4.78 is 18.8. The maximum absolute atomic E-state index is 13.6. The third-order valence-electron chi connectivity index (χ3n) is 3.35. The predicted octanol–water partition coefficient (Wildman–Crippen LogP) is 2.36. The lowest BCUT2D eigenvalue weighted by Crippen LogP contribution is -2.44. The number of benzene rings is 1. The van der Waals surface area contributed by atoms with E-state index in [0.717, 1.165) is 0 Å². The average Bonchev–Trinajstić information content (AvgIpc) is 2.38. The number of carbonyl (C=O) groups excluding carboxylic acids is 1.